The SMILES string of the molecule is CC(C)(C)c1cccc2oc(=O)n(C3CCN(CCCCN4C(=O)c5ccccc5S4(=O)=O)CC3)c12. The van der Waals surface area contributed by atoms with Crippen LogP contribution in [0.25, 0.3) is 11.1 Å². The van der Waals surface area contributed by atoms with E-state index >= 15 is 0 Å². The molecule has 192 valence electrons. The minimum atomic E-state index is -3.74. The Labute approximate surface area is 211 Å². The number of unbranched alkanes of at least 4 members (excludes halogenated alkanes) is 1. The second-order valence-corrected chi connectivity index (χ2v) is 12.6. The standard InChI is InChI=1S/C27H33N3O5S/c1-27(2,3)21-10-8-11-22-24(21)30(26(32)35-22)19-13-17-28(18-14-19)15-6-7-16-29-25(31)20-9-4-5-12-23(20)36(29,33)34/h4-5,8-12,19H,6-7,13-18H2,1-3H3. The Kier molecular flexibility index (Phi) is 6.32. The van der Waals surface area contributed by atoms with Gasteiger partial charge in [0.05, 0.1) is 11.1 Å². The molecule has 9 heteroatoms. The van der Waals surface area contributed by atoms with E-state index in [2.05, 4.69) is 31.7 Å². The Hall–Kier alpha value is -2.91. The van der Waals surface area contributed by atoms with Crippen LogP contribution in [-0.2, 0) is 15.4 Å². The van der Waals surface area contributed by atoms with Crippen molar-refractivity contribution in [3.63, 3.8) is 0 Å². The zero-order valence-corrected chi connectivity index (χ0v) is 21.9. The van der Waals surface area contributed by atoms with Gasteiger partial charge in [-0.05, 0) is 61.4 Å². The number of rotatable bonds is 6. The Morgan fingerprint density at radius 2 is 1.64 bits per heavy atom. The lowest BCUT2D eigenvalue weighted by atomic mass is 9.86. The maximum atomic E-state index is 12.8. The fraction of sp³-hybridized carbons (Fsp3) is 0.481. The van der Waals surface area contributed by atoms with Crippen molar-refractivity contribution < 1.29 is 17.6 Å². The van der Waals surface area contributed by atoms with Gasteiger partial charge in [0.1, 0.15) is 4.90 Å². The summed E-state index contributed by atoms with van der Waals surface area (Å²) in [6, 6.07) is 12.4. The number of carbonyl (C=O) groups is 1. The van der Waals surface area contributed by atoms with E-state index in [4.69, 9.17) is 4.42 Å². The summed E-state index contributed by atoms with van der Waals surface area (Å²) in [6.07, 6.45) is 3.10. The Balaban J connectivity index is 1.18. The van der Waals surface area contributed by atoms with Crippen LogP contribution in [-0.4, -0.2) is 54.3 Å². The first-order valence-corrected chi connectivity index (χ1v) is 14.1. The van der Waals surface area contributed by atoms with Gasteiger partial charge in [0.25, 0.3) is 15.9 Å². The van der Waals surface area contributed by atoms with Crippen molar-refractivity contribution in [2.24, 2.45) is 0 Å². The monoisotopic (exact) mass is 511 g/mol. The minimum absolute atomic E-state index is 0.0874. The molecular weight excluding hydrogens is 478 g/mol. The third-order valence-corrected chi connectivity index (χ3v) is 9.20. The molecule has 2 aliphatic heterocycles. The lowest BCUT2D eigenvalue weighted by Gasteiger charge is -2.33. The lowest BCUT2D eigenvalue weighted by molar-refractivity contribution is 0.0868. The summed E-state index contributed by atoms with van der Waals surface area (Å²) in [5.41, 5.74) is 2.82. The fourth-order valence-electron chi connectivity index (χ4n) is 5.47. The summed E-state index contributed by atoms with van der Waals surface area (Å²) >= 11 is 0. The van der Waals surface area contributed by atoms with Gasteiger partial charge in [-0.25, -0.2) is 17.5 Å². The number of fused-ring (bicyclic) bond motifs is 2. The van der Waals surface area contributed by atoms with Crippen molar-refractivity contribution in [1.29, 1.82) is 0 Å². The fourth-order valence-corrected chi connectivity index (χ4v) is 7.08. The van der Waals surface area contributed by atoms with Gasteiger partial charge < -0.3 is 9.32 Å². The van der Waals surface area contributed by atoms with Gasteiger partial charge in [0.2, 0.25) is 0 Å². The van der Waals surface area contributed by atoms with E-state index in [1.165, 1.54) is 6.07 Å². The van der Waals surface area contributed by atoms with Gasteiger partial charge in [0.15, 0.2) is 5.58 Å². The third-order valence-electron chi connectivity index (χ3n) is 7.36. The van der Waals surface area contributed by atoms with Crippen molar-refractivity contribution in [1.82, 2.24) is 13.8 Å². The maximum Gasteiger partial charge on any atom is 0.420 e. The summed E-state index contributed by atoms with van der Waals surface area (Å²) < 4.78 is 33.9. The maximum absolute atomic E-state index is 12.8. The second kappa shape index (κ2) is 9.19. The number of para-hydroxylation sites is 1. The molecule has 3 heterocycles. The van der Waals surface area contributed by atoms with Gasteiger partial charge in [-0.15, -0.1) is 0 Å². The largest absolute Gasteiger partial charge is 0.420 e. The second-order valence-electron chi connectivity index (χ2n) is 10.8. The predicted molar refractivity (Wildman–Crippen MR) is 138 cm³/mol. The molecule has 3 aromatic rings. The number of piperidine rings is 1. The molecule has 36 heavy (non-hydrogen) atoms. The normalized spacial score (nSPS) is 18.8. The van der Waals surface area contributed by atoms with E-state index < -0.39 is 15.9 Å². The molecule has 0 atom stereocenters. The van der Waals surface area contributed by atoms with Crippen LogP contribution in [0.2, 0.25) is 0 Å². The van der Waals surface area contributed by atoms with Gasteiger partial charge in [-0.2, -0.15) is 0 Å². The lowest BCUT2D eigenvalue weighted by Crippen LogP contribution is -2.37. The smallest absolute Gasteiger partial charge is 0.408 e. The number of hydrogen-bond acceptors (Lipinski definition) is 6. The molecule has 0 bridgehead atoms. The van der Waals surface area contributed by atoms with Crippen LogP contribution >= 0.6 is 0 Å². The topological polar surface area (TPSA) is 92.8 Å². The van der Waals surface area contributed by atoms with E-state index in [-0.39, 0.29) is 34.2 Å². The molecule has 0 aliphatic carbocycles. The van der Waals surface area contributed by atoms with Crippen LogP contribution in [0.4, 0.5) is 0 Å². The first kappa shape index (κ1) is 24.8. The van der Waals surface area contributed by atoms with Crippen LogP contribution in [0.3, 0.4) is 0 Å². The first-order valence-electron chi connectivity index (χ1n) is 12.6. The molecule has 2 aromatic carbocycles. The van der Waals surface area contributed by atoms with Crippen LogP contribution in [0, 0.1) is 0 Å². The summed E-state index contributed by atoms with van der Waals surface area (Å²) in [5.74, 6) is -0.726. The molecular formula is C27H33N3O5S. The summed E-state index contributed by atoms with van der Waals surface area (Å²) in [5, 5.41) is 0. The number of likely N-dealkylation sites (tertiary alicyclic amines) is 1. The highest BCUT2D eigenvalue weighted by atomic mass is 32.2. The van der Waals surface area contributed by atoms with E-state index in [1.807, 2.05) is 16.7 Å². The molecule has 0 spiro atoms. The molecule has 0 N–H and O–H groups in total. The Morgan fingerprint density at radius 1 is 0.944 bits per heavy atom. The number of benzene rings is 2. The molecule has 0 unspecified atom stereocenters. The molecule has 2 aliphatic rings. The average molecular weight is 512 g/mol. The molecule has 0 saturated carbocycles. The highest BCUT2D eigenvalue weighted by molar-refractivity contribution is 7.90. The minimum Gasteiger partial charge on any atom is -0.408 e. The van der Waals surface area contributed by atoms with Crippen LogP contribution in [0.15, 0.2) is 56.6 Å². The number of oxazole rings is 1. The highest BCUT2D eigenvalue weighted by Gasteiger charge is 2.40. The number of aromatic nitrogens is 1. The van der Waals surface area contributed by atoms with Gasteiger partial charge in [0, 0.05) is 25.7 Å². The number of sulfonamides is 1. The third kappa shape index (κ3) is 4.28. The zero-order valence-electron chi connectivity index (χ0n) is 21.1. The molecule has 1 aromatic heterocycles. The van der Waals surface area contributed by atoms with E-state index in [0.29, 0.717) is 12.0 Å². The number of nitrogens with zero attached hydrogens (tertiary/aromatic N) is 3. The number of carbonyl (C=O) groups excluding carboxylic acids is 1. The van der Waals surface area contributed by atoms with Crippen molar-refractivity contribution in [3.05, 3.63) is 64.1 Å². The molecule has 1 saturated heterocycles. The summed E-state index contributed by atoms with van der Waals surface area (Å²) in [4.78, 5) is 27.8. The molecule has 8 nitrogen and oxygen atoms in total. The molecule has 1 amide bonds. The van der Waals surface area contributed by atoms with Crippen LogP contribution in [0.1, 0.15) is 68.4 Å². The molecule has 1 fully saturated rings. The van der Waals surface area contributed by atoms with Gasteiger partial charge in [-0.3, -0.25) is 9.36 Å². The Morgan fingerprint density at radius 3 is 2.33 bits per heavy atom. The quantitative estimate of drug-likeness (QED) is 0.462. The molecule has 5 rings (SSSR count). The zero-order chi connectivity index (χ0) is 25.7. The first-order chi connectivity index (χ1) is 17.1. The molecule has 0 radical (unpaired) electrons. The average Bonchev–Trinajstić information content (AvgIpc) is 3.27. The van der Waals surface area contributed by atoms with Gasteiger partial charge in [-0.1, -0.05) is 45.0 Å². The van der Waals surface area contributed by atoms with E-state index in [9.17, 15) is 18.0 Å². The van der Waals surface area contributed by atoms with Crippen molar-refractivity contribution in [2.75, 3.05) is 26.2 Å². The van der Waals surface area contributed by atoms with Crippen LogP contribution < -0.4 is 5.76 Å². The number of amides is 1. The van der Waals surface area contributed by atoms with Crippen molar-refractivity contribution in [3.8, 4) is 0 Å². The Bertz CT molecular complexity index is 1460. The van der Waals surface area contributed by atoms with E-state index in [1.54, 1.807) is 18.2 Å². The number of hydrogen-bond donors (Lipinski definition) is 0. The summed E-state index contributed by atoms with van der Waals surface area (Å²) in [6.45, 7) is 9.17. The highest BCUT2D eigenvalue weighted by Crippen LogP contribution is 2.34. The van der Waals surface area contributed by atoms with Crippen molar-refractivity contribution in [2.45, 2.75) is 62.8 Å². The summed E-state index contributed by atoms with van der Waals surface area (Å²) in [7, 11) is -3.74. The van der Waals surface area contributed by atoms with Crippen molar-refractivity contribution >= 4 is 27.0 Å². The predicted octanol–water partition coefficient (Wildman–Crippen LogP) is 4.15. The van der Waals surface area contributed by atoms with Crippen LogP contribution in [0.5, 0.6) is 0 Å². The van der Waals surface area contributed by atoms with Gasteiger partial charge >= 0.3 is 5.76 Å². The van der Waals surface area contributed by atoms with E-state index in [0.717, 1.165) is 54.3 Å².